The van der Waals surface area contributed by atoms with Crippen LogP contribution in [0.1, 0.15) is 19.8 Å². The van der Waals surface area contributed by atoms with Gasteiger partial charge in [-0.05, 0) is 31.0 Å². The van der Waals surface area contributed by atoms with E-state index in [1.807, 2.05) is 4.90 Å². The van der Waals surface area contributed by atoms with E-state index in [0.717, 1.165) is 19.4 Å². The SMILES string of the molecule is CCC1(N2CCN(S(=O)(=O)c3ccc(OC)c(Cl)c3)CC2)CCN(C(=O)NC)C1. The Morgan fingerprint density at radius 3 is 2.48 bits per heavy atom. The molecule has 0 saturated carbocycles. The molecule has 2 aliphatic rings. The van der Waals surface area contributed by atoms with Gasteiger partial charge in [0.25, 0.3) is 0 Å². The number of amides is 2. The summed E-state index contributed by atoms with van der Waals surface area (Å²) in [5, 5.41) is 2.97. The predicted octanol–water partition coefficient (Wildman–Crippen LogP) is 1.85. The molecule has 0 bridgehead atoms. The van der Waals surface area contributed by atoms with Gasteiger partial charge in [0.1, 0.15) is 5.75 Å². The van der Waals surface area contributed by atoms with E-state index >= 15 is 0 Å². The van der Waals surface area contributed by atoms with Crippen LogP contribution in [0.2, 0.25) is 5.02 Å². The average Bonchev–Trinajstić information content (AvgIpc) is 3.19. The van der Waals surface area contributed by atoms with Gasteiger partial charge in [0, 0.05) is 51.9 Å². The number of methoxy groups -OCH3 is 1. The topological polar surface area (TPSA) is 82.2 Å². The van der Waals surface area contributed by atoms with Crippen molar-refractivity contribution in [3.8, 4) is 5.75 Å². The molecule has 1 atom stereocenters. The average molecular weight is 445 g/mol. The highest BCUT2D eigenvalue weighted by molar-refractivity contribution is 7.89. The van der Waals surface area contributed by atoms with Gasteiger partial charge in [-0.15, -0.1) is 0 Å². The maximum absolute atomic E-state index is 13.0. The van der Waals surface area contributed by atoms with E-state index in [1.54, 1.807) is 13.1 Å². The fourth-order valence-electron chi connectivity index (χ4n) is 4.32. The van der Waals surface area contributed by atoms with Crippen molar-refractivity contribution in [1.82, 2.24) is 19.4 Å². The summed E-state index contributed by atoms with van der Waals surface area (Å²) in [7, 11) is -0.484. The van der Waals surface area contributed by atoms with Crippen LogP contribution in [0.4, 0.5) is 4.79 Å². The van der Waals surface area contributed by atoms with Crippen LogP contribution in [0.5, 0.6) is 5.75 Å². The van der Waals surface area contributed by atoms with Crippen molar-refractivity contribution in [2.24, 2.45) is 0 Å². The van der Waals surface area contributed by atoms with Crippen molar-refractivity contribution in [3.05, 3.63) is 23.2 Å². The lowest BCUT2D eigenvalue weighted by Gasteiger charge is -2.45. The van der Waals surface area contributed by atoms with Gasteiger partial charge in [-0.2, -0.15) is 4.31 Å². The molecule has 1 N–H and O–H groups in total. The first-order valence-electron chi connectivity index (χ1n) is 9.83. The Morgan fingerprint density at radius 1 is 1.24 bits per heavy atom. The highest BCUT2D eigenvalue weighted by Crippen LogP contribution is 2.33. The molecule has 2 aliphatic heterocycles. The second kappa shape index (κ2) is 8.67. The lowest BCUT2D eigenvalue weighted by molar-refractivity contribution is 0.0574. The molecule has 1 unspecified atom stereocenters. The third-order valence-corrected chi connectivity index (χ3v) is 8.35. The molecule has 0 aliphatic carbocycles. The van der Waals surface area contributed by atoms with Gasteiger partial charge >= 0.3 is 6.03 Å². The number of hydrogen-bond donors (Lipinski definition) is 1. The van der Waals surface area contributed by atoms with Crippen LogP contribution in [0.3, 0.4) is 0 Å². The van der Waals surface area contributed by atoms with Crippen molar-refractivity contribution in [2.45, 2.75) is 30.2 Å². The van der Waals surface area contributed by atoms with Crippen LogP contribution >= 0.6 is 11.6 Å². The van der Waals surface area contributed by atoms with Gasteiger partial charge in [-0.1, -0.05) is 18.5 Å². The predicted molar refractivity (Wildman–Crippen MR) is 112 cm³/mol. The molecule has 3 rings (SSSR count). The number of halogens is 1. The number of likely N-dealkylation sites (tertiary alicyclic amines) is 1. The van der Waals surface area contributed by atoms with Gasteiger partial charge in [0.2, 0.25) is 10.0 Å². The standard InChI is InChI=1S/C19H29ClN4O4S/c1-4-19(7-8-22(14-19)18(25)21-2)23-9-11-24(12-10-23)29(26,27)15-5-6-17(28-3)16(20)13-15/h5-6,13H,4,7-12,14H2,1-3H3,(H,21,25). The highest BCUT2D eigenvalue weighted by Gasteiger charge is 2.44. The van der Waals surface area contributed by atoms with Crippen LogP contribution in [0.15, 0.2) is 23.1 Å². The second-order valence-corrected chi connectivity index (χ2v) is 9.84. The van der Waals surface area contributed by atoms with E-state index in [2.05, 4.69) is 17.1 Å². The smallest absolute Gasteiger partial charge is 0.317 e. The Bertz CT molecular complexity index is 858. The normalized spacial score (nSPS) is 23.9. The molecule has 2 amide bonds. The van der Waals surface area contributed by atoms with Gasteiger partial charge in [-0.25, -0.2) is 13.2 Å². The quantitative estimate of drug-likeness (QED) is 0.749. The number of ether oxygens (including phenoxy) is 1. The monoisotopic (exact) mass is 444 g/mol. The summed E-state index contributed by atoms with van der Waals surface area (Å²) in [6.07, 6.45) is 1.82. The minimum Gasteiger partial charge on any atom is -0.495 e. The molecule has 10 heteroatoms. The van der Waals surface area contributed by atoms with Crippen LogP contribution < -0.4 is 10.1 Å². The number of rotatable bonds is 5. The summed E-state index contributed by atoms with van der Waals surface area (Å²) >= 11 is 6.12. The fourth-order valence-corrected chi connectivity index (χ4v) is 6.09. The number of benzene rings is 1. The molecule has 29 heavy (non-hydrogen) atoms. The summed E-state index contributed by atoms with van der Waals surface area (Å²) in [6.45, 7) is 5.62. The number of carbonyl (C=O) groups is 1. The Morgan fingerprint density at radius 2 is 1.93 bits per heavy atom. The summed E-state index contributed by atoms with van der Waals surface area (Å²) in [5.74, 6) is 0.447. The van der Waals surface area contributed by atoms with E-state index in [1.165, 1.54) is 23.5 Å². The first kappa shape index (κ1) is 22.1. The Balaban J connectivity index is 1.69. The molecule has 0 radical (unpaired) electrons. The molecule has 1 aromatic carbocycles. The van der Waals surface area contributed by atoms with E-state index in [4.69, 9.17) is 16.3 Å². The van der Waals surface area contributed by atoms with Crippen molar-refractivity contribution in [2.75, 3.05) is 53.4 Å². The number of urea groups is 1. The molecule has 2 heterocycles. The van der Waals surface area contributed by atoms with Gasteiger partial charge < -0.3 is 15.0 Å². The Hall–Kier alpha value is -1.55. The number of hydrogen-bond acceptors (Lipinski definition) is 5. The Labute approximate surface area is 177 Å². The number of sulfonamides is 1. The first-order chi connectivity index (χ1) is 13.8. The molecule has 8 nitrogen and oxygen atoms in total. The summed E-state index contributed by atoms with van der Waals surface area (Å²) in [4.78, 5) is 16.4. The maximum Gasteiger partial charge on any atom is 0.317 e. The molecule has 0 spiro atoms. The Kier molecular flexibility index (Phi) is 6.62. The summed E-state index contributed by atoms with van der Waals surface area (Å²) in [6, 6.07) is 4.48. The van der Waals surface area contributed by atoms with E-state index in [-0.39, 0.29) is 21.5 Å². The van der Waals surface area contributed by atoms with Crippen LogP contribution in [-0.4, -0.2) is 87.5 Å². The third-order valence-electron chi connectivity index (χ3n) is 6.16. The van der Waals surface area contributed by atoms with E-state index in [9.17, 15) is 13.2 Å². The molecule has 0 aromatic heterocycles. The third kappa shape index (κ3) is 4.19. The number of nitrogens with one attached hydrogen (secondary N) is 1. The molecular weight excluding hydrogens is 416 g/mol. The minimum atomic E-state index is -3.62. The van der Waals surface area contributed by atoms with Crippen molar-refractivity contribution in [3.63, 3.8) is 0 Å². The van der Waals surface area contributed by atoms with Crippen LogP contribution in [0, 0.1) is 0 Å². The maximum atomic E-state index is 13.0. The lowest BCUT2D eigenvalue weighted by atomic mass is 9.92. The first-order valence-corrected chi connectivity index (χ1v) is 11.6. The fraction of sp³-hybridized carbons (Fsp3) is 0.632. The highest BCUT2D eigenvalue weighted by atomic mass is 35.5. The summed E-state index contributed by atoms with van der Waals surface area (Å²) < 4.78 is 32.7. The second-order valence-electron chi connectivity index (χ2n) is 7.49. The number of piperazine rings is 1. The number of carbonyl (C=O) groups excluding carboxylic acids is 1. The molecule has 162 valence electrons. The zero-order valence-corrected chi connectivity index (χ0v) is 18.7. The number of nitrogens with zero attached hydrogens (tertiary/aromatic N) is 3. The van der Waals surface area contributed by atoms with Crippen molar-refractivity contribution in [1.29, 1.82) is 0 Å². The zero-order valence-electron chi connectivity index (χ0n) is 17.1. The van der Waals surface area contributed by atoms with E-state index < -0.39 is 10.0 Å². The lowest BCUT2D eigenvalue weighted by Crippen LogP contribution is -2.59. The largest absolute Gasteiger partial charge is 0.495 e. The minimum absolute atomic E-state index is 0.0575. The summed E-state index contributed by atoms with van der Waals surface area (Å²) in [5.41, 5.74) is -0.0915. The molecule has 1 aromatic rings. The van der Waals surface area contributed by atoms with Crippen LogP contribution in [-0.2, 0) is 10.0 Å². The molecular formula is C19H29ClN4O4S. The molecule has 2 fully saturated rings. The van der Waals surface area contributed by atoms with Crippen molar-refractivity contribution < 1.29 is 17.9 Å². The van der Waals surface area contributed by atoms with Crippen LogP contribution in [0.25, 0.3) is 0 Å². The van der Waals surface area contributed by atoms with Gasteiger partial charge in [0.05, 0.1) is 17.0 Å². The van der Waals surface area contributed by atoms with Gasteiger partial charge in [0.15, 0.2) is 0 Å². The van der Waals surface area contributed by atoms with Crippen molar-refractivity contribution >= 4 is 27.7 Å². The zero-order chi connectivity index (χ0) is 21.2. The van der Waals surface area contributed by atoms with Gasteiger partial charge in [-0.3, -0.25) is 4.90 Å². The van der Waals surface area contributed by atoms with E-state index in [0.29, 0.717) is 38.5 Å². The molecule has 2 saturated heterocycles.